The van der Waals surface area contributed by atoms with E-state index in [2.05, 4.69) is 9.97 Å². The van der Waals surface area contributed by atoms with Gasteiger partial charge >= 0.3 is 5.97 Å². The van der Waals surface area contributed by atoms with Crippen LogP contribution in [0.5, 0.6) is 0 Å². The highest BCUT2D eigenvalue weighted by Crippen LogP contribution is 2.15. The van der Waals surface area contributed by atoms with E-state index in [-0.39, 0.29) is 6.61 Å². The molecule has 0 spiro atoms. The molecule has 0 aliphatic carbocycles. The molecule has 0 fully saturated rings. The number of aromatic amines is 1. The van der Waals surface area contributed by atoms with Crippen LogP contribution in [0.25, 0.3) is 0 Å². The van der Waals surface area contributed by atoms with Crippen LogP contribution in [-0.2, 0) is 22.6 Å². The molecule has 1 atom stereocenters. The van der Waals surface area contributed by atoms with Gasteiger partial charge in [-0.25, -0.2) is 4.98 Å². The van der Waals surface area contributed by atoms with Crippen LogP contribution in [0.15, 0.2) is 36.8 Å². The molecule has 6 heteroatoms. The number of halogens is 1. The Balaban J connectivity index is 1.86. The maximum atomic E-state index is 11.7. The van der Waals surface area contributed by atoms with Crippen LogP contribution in [0.2, 0.25) is 5.02 Å². The number of nitrogens with one attached hydrogen (secondary N) is 1. The van der Waals surface area contributed by atoms with Crippen molar-refractivity contribution in [3.8, 4) is 0 Å². The van der Waals surface area contributed by atoms with Crippen molar-refractivity contribution in [3.63, 3.8) is 0 Å². The monoisotopic (exact) mass is 279 g/mol. The van der Waals surface area contributed by atoms with Crippen molar-refractivity contribution in [1.82, 2.24) is 9.97 Å². The maximum absolute atomic E-state index is 11.7. The lowest BCUT2D eigenvalue weighted by molar-refractivity contribution is -0.146. The van der Waals surface area contributed by atoms with E-state index in [0.29, 0.717) is 11.4 Å². The molecule has 0 saturated heterocycles. The van der Waals surface area contributed by atoms with Crippen molar-refractivity contribution in [3.05, 3.63) is 53.1 Å². The minimum absolute atomic E-state index is 0.120. The zero-order valence-corrected chi connectivity index (χ0v) is 10.9. The number of hydrogen-bond acceptors (Lipinski definition) is 4. The molecule has 1 aromatic heterocycles. The Bertz CT molecular complexity index is 543. The van der Waals surface area contributed by atoms with Crippen molar-refractivity contribution in [2.75, 3.05) is 0 Å². The number of H-pyrrole nitrogens is 1. The molecule has 5 nitrogen and oxygen atoms in total. The van der Waals surface area contributed by atoms with Gasteiger partial charge in [-0.2, -0.15) is 0 Å². The van der Waals surface area contributed by atoms with Gasteiger partial charge < -0.3 is 15.5 Å². The lowest BCUT2D eigenvalue weighted by Crippen LogP contribution is -2.34. The fraction of sp³-hybridized carbons (Fsp3) is 0.231. The Morgan fingerprint density at radius 2 is 2.26 bits per heavy atom. The van der Waals surface area contributed by atoms with Crippen LogP contribution < -0.4 is 5.73 Å². The molecule has 0 saturated carbocycles. The zero-order chi connectivity index (χ0) is 13.7. The van der Waals surface area contributed by atoms with E-state index in [4.69, 9.17) is 22.1 Å². The van der Waals surface area contributed by atoms with E-state index in [0.717, 1.165) is 11.3 Å². The van der Waals surface area contributed by atoms with E-state index in [1.54, 1.807) is 18.3 Å². The highest BCUT2D eigenvalue weighted by molar-refractivity contribution is 6.31. The SMILES string of the molecule is N[C@@H](Cc1cnc[nH]1)C(=O)OCc1ccccc1Cl. The summed E-state index contributed by atoms with van der Waals surface area (Å²) in [4.78, 5) is 18.5. The molecule has 3 N–H and O–H groups in total. The highest BCUT2D eigenvalue weighted by atomic mass is 35.5. The molecule has 1 heterocycles. The van der Waals surface area contributed by atoms with Gasteiger partial charge in [0.25, 0.3) is 0 Å². The third-order valence-corrected chi connectivity index (χ3v) is 2.99. The minimum atomic E-state index is -0.720. The standard InChI is InChI=1S/C13H14ClN3O2/c14-11-4-2-1-3-9(11)7-19-13(18)12(15)5-10-6-16-8-17-10/h1-4,6,8,12H,5,7,15H2,(H,16,17)/t12-/m0/s1. The molecule has 19 heavy (non-hydrogen) atoms. The number of rotatable bonds is 5. The summed E-state index contributed by atoms with van der Waals surface area (Å²) in [7, 11) is 0. The van der Waals surface area contributed by atoms with Crippen molar-refractivity contribution >= 4 is 17.6 Å². The molecule has 0 amide bonds. The van der Waals surface area contributed by atoms with Gasteiger partial charge in [-0.3, -0.25) is 4.79 Å². The third-order valence-electron chi connectivity index (χ3n) is 2.63. The van der Waals surface area contributed by atoms with Crippen LogP contribution in [0, 0.1) is 0 Å². The van der Waals surface area contributed by atoms with Crippen LogP contribution in [0.4, 0.5) is 0 Å². The second-order valence-corrected chi connectivity index (χ2v) is 4.49. The van der Waals surface area contributed by atoms with E-state index in [9.17, 15) is 4.79 Å². The van der Waals surface area contributed by atoms with Crippen LogP contribution in [0.3, 0.4) is 0 Å². The van der Waals surface area contributed by atoms with Gasteiger partial charge in [0, 0.05) is 28.9 Å². The summed E-state index contributed by atoms with van der Waals surface area (Å²) in [5.74, 6) is -0.463. The normalized spacial score (nSPS) is 12.1. The fourth-order valence-corrected chi connectivity index (χ4v) is 1.78. The lowest BCUT2D eigenvalue weighted by atomic mass is 10.2. The van der Waals surface area contributed by atoms with Gasteiger partial charge in [-0.15, -0.1) is 0 Å². The second-order valence-electron chi connectivity index (χ2n) is 4.09. The topological polar surface area (TPSA) is 81.0 Å². The van der Waals surface area contributed by atoms with Gasteiger partial charge in [0.2, 0.25) is 0 Å². The molecule has 0 aliphatic rings. The number of benzene rings is 1. The first-order valence-electron chi connectivity index (χ1n) is 5.79. The van der Waals surface area contributed by atoms with E-state index in [1.165, 1.54) is 6.33 Å². The van der Waals surface area contributed by atoms with Crippen LogP contribution >= 0.6 is 11.6 Å². The number of hydrogen-bond donors (Lipinski definition) is 2. The van der Waals surface area contributed by atoms with Gasteiger partial charge in [-0.1, -0.05) is 29.8 Å². The minimum Gasteiger partial charge on any atom is -0.460 e. The summed E-state index contributed by atoms with van der Waals surface area (Å²) in [6.07, 6.45) is 3.53. The van der Waals surface area contributed by atoms with Gasteiger partial charge in [-0.05, 0) is 6.07 Å². The van der Waals surface area contributed by atoms with Crippen molar-refractivity contribution < 1.29 is 9.53 Å². The summed E-state index contributed by atoms with van der Waals surface area (Å²) in [5, 5.41) is 0.567. The van der Waals surface area contributed by atoms with Gasteiger partial charge in [0.15, 0.2) is 0 Å². The molecule has 0 bridgehead atoms. The van der Waals surface area contributed by atoms with E-state index in [1.807, 2.05) is 12.1 Å². The number of esters is 1. The average molecular weight is 280 g/mol. The summed E-state index contributed by atoms with van der Waals surface area (Å²) in [6, 6.07) is 6.48. The average Bonchev–Trinajstić information content (AvgIpc) is 2.90. The van der Waals surface area contributed by atoms with Gasteiger partial charge in [0.1, 0.15) is 12.6 Å². The third kappa shape index (κ3) is 3.81. The second kappa shape index (κ2) is 6.36. The predicted octanol–water partition coefficient (Wildman–Crippen LogP) is 1.68. The lowest BCUT2D eigenvalue weighted by Gasteiger charge is -2.11. The summed E-state index contributed by atoms with van der Waals surface area (Å²) in [5.41, 5.74) is 7.30. The molecule has 1 aromatic carbocycles. The Hall–Kier alpha value is -1.85. The summed E-state index contributed by atoms with van der Waals surface area (Å²) < 4.78 is 5.14. The molecule has 100 valence electrons. The number of carbonyl (C=O) groups excluding carboxylic acids is 1. The van der Waals surface area contributed by atoms with Crippen molar-refractivity contribution in [2.24, 2.45) is 5.73 Å². The Morgan fingerprint density at radius 3 is 2.95 bits per heavy atom. The summed E-state index contributed by atoms with van der Waals surface area (Å²) >= 11 is 5.97. The zero-order valence-electron chi connectivity index (χ0n) is 10.2. The van der Waals surface area contributed by atoms with Crippen LogP contribution in [0.1, 0.15) is 11.3 Å². The smallest absolute Gasteiger partial charge is 0.323 e. The Kier molecular flexibility index (Phi) is 4.54. The molecule has 0 radical (unpaired) electrons. The quantitative estimate of drug-likeness (QED) is 0.816. The first-order chi connectivity index (χ1) is 9.16. The molecule has 2 aromatic rings. The molecular weight excluding hydrogens is 266 g/mol. The molecule has 0 unspecified atom stereocenters. The Morgan fingerprint density at radius 1 is 1.47 bits per heavy atom. The fourth-order valence-electron chi connectivity index (χ4n) is 1.59. The first kappa shape index (κ1) is 13.6. The van der Waals surface area contributed by atoms with Crippen LogP contribution in [-0.4, -0.2) is 22.0 Å². The van der Waals surface area contributed by atoms with Gasteiger partial charge in [0.05, 0.1) is 6.33 Å². The van der Waals surface area contributed by atoms with E-state index < -0.39 is 12.0 Å². The number of imidazole rings is 1. The predicted molar refractivity (Wildman–Crippen MR) is 71.5 cm³/mol. The number of carbonyl (C=O) groups is 1. The molecule has 2 rings (SSSR count). The number of nitrogens with two attached hydrogens (primary N) is 1. The van der Waals surface area contributed by atoms with E-state index >= 15 is 0 Å². The summed E-state index contributed by atoms with van der Waals surface area (Å²) in [6.45, 7) is 0.120. The maximum Gasteiger partial charge on any atom is 0.323 e. The van der Waals surface area contributed by atoms with Crippen molar-refractivity contribution in [1.29, 1.82) is 0 Å². The molecular formula is C13H14ClN3O2. The Labute approximate surface area is 115 Å². The first-order valence-corrected chi connectivity index (χ1v) is 6.17. The van der Waals surface area contributed by atoms with Crippen molar-refractivity contribution in [2.45, 2.75) is 19.1 Å². The number of ether oxygens (including phenoxy) is 1. The number of nitrogens with zero attached hydrogens (tertiary/aromatic N) is 1. The number of aromatic nitrogens is 2. The highest BCUT2D eigenvalue weighted by Gasteiger charge is 2.16. The molecule has 0 aliphatic heterocycles. The largest absolute Gasteiger partial charge is 0.460 e.